The Morgan fingerprint density at radius 1 is 1.48 bits per heavy atom. The van der Waals surface area contributed by atoms with Crippen LogP contribution in [0.2, 0.25) is 0 Å². The molecule has 0 aromatic heterocycles. The fourth-order valence-electron chi connectivity index (χ4n) is 3.13. The van der Waals surface area contributed by atoms with E-state index in [0.717, 1.165) is 25.9 Å². The Hall–Kier alpha value is -1.95. The van der Waals surface area contributed by atoms with Crippen molar-refractivity contribution in [2.24, 2.45) is 11.8 Å². The number of nitro groups is 1. The number of rotatable bonds is 6. The molecule has 1 aromatic rings. The molecular formula is C17H25N3O3. The van der Waals surface area contributed by atoms with Crippen molar-refractivity contribution >= 4 is 11.6 Å². The van der Waals surface area contributed by atoms with E-state index in [9.17, 15) is 14.9 Å². The molecule has 1 aliphatic heterocycles. The lowest BCUT2D eigenvalue weighted by atomic mass is 9.85. The van der Waals surface area contributed by atoms with E-state index in [1.807, 2.05) is 0 Å². The number of para-hydroxylation sites is 1. The smallest absolute Gasteiger partial charge is 0.274 e. The number of benzene rings is 1. The van der Waals surface area contributed by atoms with E-state index in [4.69, 9.17) is 0 Å². The Morgan fingerprint density at radius 2 is 2.22 bits per heavy atom. The molecule has 0 spiro atoms. The topological polar surface area (TPSA) is 75.5 Å². The van der Waals surface area contributed by atoms with Gasteiger partial charge in [-0.05, 0) is 37.8 Å². The number of nitrogens with zero attached hydrogens (tertiary/aromatic N) is 2. The second kappa shape index (κ2) is 8.06. The molecule has 1 N–H and O–H groups in total. The van der Waals surface area contributed by atoms with Gasteiger partial charge in [-0.15, -0.1) is 0 Å². The molecule has 1 amide bonds. The maximum Gasteiger partial charge on any atom is 0.274 e. The van der Waals surface area contributed by atoms with Crippen LogP contribution in [0.15, 0.2) is 24.3 Å². The first-order valence-electron chi connectivity index (χ1n) is 8.16. The predicted molar refractivity (Wildman–Crippen MR) is 88.9 cm³/mol. The molecule has 1 heterocycles. The summed E-state index contributed by atoms with van der Waals surface area (Å²) in [6.07, 6.45) is 2.81. The van der Waals surface area contributed by atoms with E-state index in [-0.39, 0.29) is 18.1 Å². The lowest BCUT2D eigenvalue weighted by molar-refractivity contribution is -0.385. The number of hydrogen-bond donors (Lipinski definition) is 1. The zero-order valence-electron chi connectivity index (χ0n) is 13.8. The lowest BCUT2D eigenvalue weighted by Gasteiger charge is -2.29. The molecule has 0 bridgehead atoms. The first kappa shape index (κ1) is 17.4. The molecule has 6 heteroatoms. The van der Waals surface area contributed by atoms with Crippen molar-refractivity contribution in [2.75, 3.05) is 20.1 Å². The predicted octanol–water partition coefficient (Wildman–Crippen LogP) is 2.58. The quantitative estimate of drug-likeness (QED) is 0.646. The Bertz CT molecular complexity index is 556. The molecule has 2 atom stereocenters. The second-order valence-electron chi connectivity index (χ2n) is 6.42. The van der Waals surface area contributed by atoms with E-state index in [0.29, 0.717) is 23.8 Å². The molecule has 1 fully saturated rings. The molecule has 23 heavy (non-hydrogen) atoms. The summed E-state index contributed by atoms with van der Waals surface area (Å²) in [7, 11) is 1.71. The second-order valence-corrected chi connectivity index (χ2v) is 6.42. The number of hydrogen-bond acceptors (Lipinski definition) is 4. The minimum atomic E-state index is -0.399. The summed E-state index contributed by atoms with van der Waals surface area (Å²) >= 11 is 0. The van der Waals surface area contributed by atoms with Gasteiger partial charge in [0.1, 0.15) is 0 Å². The number of piperidine rings is 1. The number of nitro benzene ring substituents is 1. The molecule has 6 nitrogen and oxygen atoms in total. The molecule has 126 valence electrons. The lowest BCUT2D eigenvalue weighted by Crippen LogP contribution is -2.36. The van der Waals surface area contributed by atoms with Crippen molar-refractivity contribution in [1.82, 2.24) is 10.2 Å². The van der Waals surface area contributed by atoms with Crippen LogP contribution in [0.25, 0.3) is 0 Å². The van der Waals surface area contributed by atoms with Crippen LogP contribution in [0.5, 0.6) is 0 Å². The van der Waals surface area contributed by atoms with E-state index in [1.54, 1.807) is 30.1 Å². The minimum absolute atomic E-state index is 0.0428. The number of carbonyl (C=O) groups excluding carboxylic acids is 1. The molecular weight excluding hydrogens is 294 g/mol. The highest BCUT2D eigenvalue weighted by atomic mass is 16.6. The standard InChI is InChI=1S/C17H25N3O3/c1-13(14-7-5-9-18-11-14)10-17(21)19(2)12-15-6-3-4-8-16(15)20(22)23/h3-4,6,8,13-14,18H,5,7,9-12H2,1-2H3. The third kappa shape index (κ3) is 4.76. The fourth-order valence-corrected chi connectivity index (χ4v) is 3.13. The van der Waals surface area contributed by atoms with Gasteiger partial charge < -0.3 is 10.2 Å². The average molecular weight is 319 g/mol. The monoisotopic (exact) mass is 319 g/mol. The zero-order chi connectivity index (χ0) is 16.8. The fraction of sp³-hybridized carbons (Fsp3) is 0.588. The van der Waals surface area contributed by atoms with Gasteiger partial charge in [-0.2, -0.15) is 0 Å². The van der Waals surface area contributed by atoms with Crippen LogP contribution in [-0.2, 0) is 11.3 Å². The maximum atomic E-state index is 12.4. The van der Waals surface area contributed by atoms with Gasteiger partial charge in [0, 0.05) is 25.1 Å². The Kier molecular flexibility index (Phi) is 6.10. The summed E-state index contributed by atoms with van der Waals surface area (Å²) in [5.74, 6) is 0.900. The van der Waals surface area contributed by atoms with E-state index >= 15 is 0 Å². The normalized spacial score (nSPS) is 19.1. The highest BCUT2D eigenvalue weighted by molar-refractivity contribution is 5.76. The molecule has 0 saturated carbocycles. The van der Waals surface area contributed by atoms with Gasteiger partial charge in [0.2, 0.25) is 5.91 Å². The van der Waals surface area contributed by atoms with Crippen LogP contribution in [0, 0.1) is 22.0 Å². The van der Waals surface area contributed by atoms with Crippen molar-refractivity contribution in [3.63, 3.8) is 0 Å². The van der Waals surface area contributed by atoms with Crippen LogP contribution in [0.4, 0.5) is 5.69 Å². The minimum Gasteiger partial charge on any atom is -0.341 e. The van der Waals surface area contributed by atoms with Crippen LogP contribution >= 0.6 is 0 Å². The maximum absolute atomic E-state index is 12.4. The van der Waals surface area contributed by atoms with Gasteiger partial charge in [0.25, 0.3) is 5.69 Å². The van der Waals surface area contributed by atoms with E-state index in [1.165, 1.54) is 6.07 Å². The summed E-state index contributed by atoms with van der Waals surface area (Å²) in [6, 6.07) is 6.58. The van der Waals surface area contributed by atoms with Crippen molar-refractivity contribution in [3.05, 3.63) is 39.9 Å². The highest BCUT2D eigenvalue weighted by Crippen LogP contribution is 2.24. The van der Waals surface area contributed by atoms with Crippen molar-refractivity contribution < 1.29 is 9.72 Å². The van der Waals surface area contributed by atoms with Crippen LogP contribution < -0.4 is 5.32 Å². The summed E-state index contributed by atoms with van der Waals surface area (Å²) in [4.78, 5) is 24.7. The van der Waals surface area contributed by atoms with Crippen LogP contribution in [0.1, 0.15) is 31.7 Å². The van der Waals surface area contributed by atoms with Crippen molar-refractivity contribution in [3.8, 4) is 0 Å². The molecule has 1 aromatic carbocycles. The molecule has 0 radical (unpaired) electrons. The van der Waals surface area contributed by atoms with Gasteiger partial charge in [0.05, 0.1) is 11.5 Å². The Labute approximate surface area is 137 Å². The molecule has 1 aliphatic rings. The van der Waals surface area contributed by atoms with Crippen molar-refractivity contribution in [1.29, 1.82) is 0 Å². The summed E-state index contributed by atoms with van der Waals surface area (Å²) in [5.41, 5.74) is 0.636. The van der Waals surface area contributed by atoms with Gasteiger partial charge >= 0.3 is 0 Å². The molecule has 0 aliphatic carbocycles. The third-order valence-electron chi connectivity index (χ3n) is 4.66. The van der Waals surface area contributed by atoms with E-state index in [2.05, 4.69) is 12.2 Å². The van der Waals surface area contributed by atoms with E-state index < -0.39 is 4.92 Å². The number of amides is 1. The summed E-state index contributed by atoms with van der Waals surface area (Å²) < 4.78 is 0. The third-order valence-corrected chi connectivity index (χ3v) is 4.66. The Morgan fingerprint density at radius 3 is 2.87 bits per heavy atom. The summed E-state index contributed by atoms with van der Waals surface area (Å²) in [6.45, 7) is 4.43. The highest BCUT2D eigenvalue weighted by Gasteiger charge is 2.24. The number of nitrogens with one attached hydrogen (secondary N) is 1. The molecule has 1 saturated heterocycles. The Balaban J connectivity index is 1.93. The van der Waals surface area contributed by atoms with Gasteiger partial charge in [-0.25, -0.2) is 0 Å². The van der Waals surface area contributed by atoms with Crippen LogP contribution in [0.3, 0.4) is 0 Å². The van der Waals surface area contributed by atoms with Gasteiger partial charge in [0.15, 0.2) is 0 Å². The van der Waals surface area contributed by atoms with Gasteiger partial charge in [-0.1, -0.05) is 25.1 Å². The number of carbonyl (C=O) groups is 1. The van der Waals surface area contributed by atoms with Crippen LogP contribution in [-0.4, -0.2) is 35.9 Å². The van der Waals surface area contributed by atoms with Crippen molar-refractivity contribution in [2.45, 2.75) is 32.7 Å². The largest absolute Gasteiger partial charge is 0.341 e. The SMILES string of the molecule is CC(CC(=O)N(C)Cc1ccccc1[N+](=O)[O-])C1CCCNC1. The molecule has 2 unspecified atom stereocenters. The zero-order valence-corrected chi connectivity index (χ0v) is 13.8. The average Bonchev–Trinajstić information content (AvgIpc) is 2.55. The first-order chi connectivity index (χ1) is 11.0. The van der Waals surface area contributed by atoms with Gasteiger partial charge in [-0.3, -0.25) is 14.9 Å². The first-order valence-corrected chi connectivity index (χ1v) is 8.16. The summed E-state index contributed by atoms with van der Waals surface area (Å²) in [5, 5.41) is 14.4. The molecule has 2 rings (SSSR count).